The van der Waals surface area contributed by atoms with E-state index in [2.05, 4.69) is 0 Å². The van der Waals surface area contributed by atoms with Crippen LogP contribution in [0.25, 0.3) is 0 Å². The number of carboxylic acids is 1. The first-order valence-corrected chi connectivity index (χ1v) is 4.89. The molecule has 0 aromatic heterocycles. The minimum atomic E-state index is -0.533. The van der Waals surface area contributed by atoms with E-state index in [4.69, 9.17) is 5.11 Å². The van der Waals surface area contributed by atoms with Crippen LogP contribution in [-0.2, 0) is 4.79 Å². The fourth-order valence-electron chi connectivity index (χ4n) is 4.14. The van der Waals surface area contributed by atoms with Crippen LogP contribution in [0.2, 0.25) is 0 Å². The molecule has 1 N–H and O–H groups in total. The van der Waals surface area contributed by atoms with Gasteiger partial charge in [-0.1, -0.05) is 0 Å². The van der Waals surface area contributed by atoms with Gasteiger partial charge in [0.25, 0.3) is 0 Å². The molecule has 2 heteroatoms. The average Bonchev–Trinajstić information content (AvgIpc) is 2.83. The maximum Gasteiger partial charge on any atom is 0.307 e. The predicted molar refractivity (Wildman–Crippen MR) is 41.5 cm³/mol. The number of hydrogen-bond donors (Lipinski definition) is 1. The van der Waals surface area contributed by atoms with Gasteiger partial charge in [-0.25, -0.2) is 0 Å². The van der Waals surface area contributed by atoms with Crippen LogP contribution < -0.4 is 0 Å². The van der Waals surface area contributed by atoms with Crippen LogP contribution in [0.4, 0.5) is 0 Å². The van der Waals surface area contributed by atoms with Crippen LogP contribution >= 0.6 is 0 Å². The summed E-state index contributed by atoms with van der Waals surface area (Å²) in [5.74, 6) is -0.480. The Balaban J connectivity index is 1.65. The summed E-state index contributed by atoms with van der Waals surface area (Å²) in [7, 11) is 0. The first-order valence-electron chi connectivity index (χ1n) is 4.89. The van der Waals surface area contributed by atoms with Gasteiger partial charge in [-0.05, 0) is 48.3 Å². The molecule has 0 saturated heterocycles. The van der Waals surface area contributed by atoms with Gasteiger partial charge in [0, 0.05) is 0 Å². The Bertz CT molecular complexity index is 318. The van der Waals surface area contributed by atoms with E-state index >= 15 is 0 Å². The molecular weight excluding hydrogens is 152 g/mol. The smallest absolute Gasteiger partial charge is 0.307 e. The zero-order chi connectivity index (χ0) is 8.19. The molecule has 2 nitrogen and oxygen atoms in total. The second-order valence-electron chi connectivity index (χ2n) is 5.47. The highest BCUT2D eigenvalue weighted by Gasteiger charge is 2.96. The number of hydrogen-bond acceptors (Lipinski definition) is 1. The molecule has 0 radical (unpaired) electrons. The lowest BCUT2D eigenvalue weighted by Gasteiger charge is -1.90. The zero-order valence-corrected chi connectivity index (χ0v) is 6.97. The minimum Gasteiger partial charge on any atom is -0.481 e. The van der Waals surface area contributed by atoms with Crippen LogP contribution in [-0.4, -0.2) is 11.1 Å². The summed E-state index contributed by atoms with van der Waals surface area (Å²) >= 11 is 0. The number of aliphatic carboxylic acids is 1. The van der Waals surface area contributed by atoms with Gasteiger partial charge >= 0.3 is 5.97 Å². The quantitative estimate of drug-likeness (QED) is 0.639. The summed E-state index contributed by atoms with van der Waals surface area (Å²) in [4.78, 5) is 10.8. The van der Waals surface area contributed by atoms with E-state index in [0.717, 1.165) is 6.42 Å². The van der Waals surface area contributed by atoms with Crippen molar-refractivity contribution >= 4 is 5.97 Å². The van der Waals surface area contributed by atoms with E-state index in [1.807, 2.05) is 0 Å². The van der Waals surface area contributed by atoms with Gasteiger partial charge in [0.1, 0.15) is 0 Å². The Morgan fingerprint density at radius 3 is 2.50 bits per heavy atom. The Morgan fingerprint density at radius 2 is 2.08 bits per heavy atom. The third kappa shape index (κ3) is 0.360. The van der Waals surface area contributed by atoms with Crippen molar-refractivity contribution in [2.24, 2.45) is 22.2 Å². The summed E-state index contributed by atoms with van der Waals surface area (Å²) in [6, 6.07) is 0. The van der Waals surface area contributed by atoms with E-state index in [0.29, 0.717) is 16.2 Å². The lowest BCUT2D eigenvalue weighted by atomic mass is 10.2. The Hall–Kier alpha value is -0.530. The molecule has 0 aromatic rings. The SMILES string of the molecule is O=C(O)[C@@H]1C[C@]12CC21CC12CC2. The predicted octanol–water partition coefficient (Wildman–Crippen LogP) is 1.65. The van der Waals surface area contributed by atoms with Crippen molar-refractivity contribution in [3.63, 3.8) is 0 Å². The minimum absolute atomic E-state index is 0.0532. The number of carboxylic acid groups (broad SMARTS) is 1. The van der Waals surface area contributed by atoms with Gasteiger partial charge < -0.3 is 5.11 Å². The van der Waals surface area contributed by atoms with Gasteiger partial charge in [-0.15, -0.1) is 0 Å². The maximum atomic E-state index is 10.8. The molecule has 3 spiro atoms. The lowest BCUT2D eigenvalue weighted by Crippen LogP contribution is -2.01. The van der Waals surface area contributed by atoms with E-state index < -0.39 is 5.97 Å². The fraction of sp³-hybridized carbons (Fsp3) is 0.900. The van der Waals surface area contributed by atoms with Crippen molar-refractivity contribution < 1.29 is 9.90 Å². The molecular formula is C10H12O2. The normalized spacial score (nSPS) is 60.8. The van der Waals surface area contributed by atoms with E-state index in [1.165, 1.54) is 25.7 Å². The fourth-order valence-corrected chi connectivity index (χ4v) is 4.14. The van der Waals surface area contributed by atoms with Crippen LogP contribution in [0.5, 0.6) is 0 Å². The number of rotatable bonds is 1. The van der Waals surface area contributed by atoms with Crippen molar-refractivity contribution in [1.82, 2.24) is 0 Å². The molecule has 3 atom stereocenters. The van der Waals surface area contributed by atoms with Crippen LogP contribution in [0, 0.1) is 22.2 Å². The summed E-state index contributed by atoms with van der Waals surface area (Å²) in [5.41, 5.74) is 1.63. The molecule has 0 heterocycles. The molecule has 4 fully saturated rings. The highest BCUT2D eigenvalue weighted by molar-refractivity contribution is 5.77. The van der Waals surface area contributed by atoms with Crippen LogP contribution in [0.3, 0.4) is 0 Å². The topological polar surface area (TPSA) is 37.3 Å². The van der Waals surface area contributed by atoms with Crippen molar-refractivity contribution in [3.8, 4) is 0 Å². The third-order valence-corrected chi connectivity index (χ3v) is 5.20. The van der Waals surface area contributed by atoms with Crippen molar-refractivity contribution in [3.05, 3.63) is 0 Å². The van der Waals surface area contributed by atoms with E-state index in [9.17, 15) is 4.79 Å². The highest BCUT2D eigenvalue weighted by Crippen LogP contribution is 3.02. The average molecular weight is 164 g/mol. The monoisotopic (exact) mass is 164 g/mol. The number of fused-ring (bicyclic) bond motifs is 2. The van der Waals surface area contributed by atoms with Crippen molar-refractivity contribution in [2.45, 2.75) is 32.1 Å². The molecule has 0 amide bonds. The molecule has 4 rings (SSSR count). The highest BCUT2D eigenvalue weighted by atomic mass is 16.4. The zero-order valence-electron chi connectivity index (χ0n) is 6.97. The summed E-state index contributed by atoms with van der Waals surface area (Å²) in [6.07, 6.45) is 6.45. The molecule has 4 aliphatic rings. The molecule has 64 valence electrons. The Labute approximate surface area is 71.0 Å². The molecule has 12 heavy (non-hydrogen) atoms. The Morgan fingerprint density at radius 1 is 1.33 bits per heavy atom. The first kappa shape index (κ1) is 6.01. The molecule has 0 aromatic carbocycles. The van der Waals surface area contributed by atoms with Gasteiger partial charge in [0.05, 0.1) is 5.92 Å². The van der Waals surface area contributed by atoms with Gasteiger partial charge in [-0.2, -0.15) is 0 Å². The molecule has 0 bridgehead atoms. The van der Waals surface area contributed by atoms with Crippen LogP contribution in [0.1, 0.15) is 32.1 Å². The van der Waals surface area contributed by atoms with Gasteiger partial charge in [0.2, 0.25) is 0 Å². The first-order chi connectivity index (χ1) is 5.66. The standard InChI is InChI=1S/C10H12O2/c11-7(12)6-3-9(6)5-10(9)4-8(10)1-2-8/h6H,1-5H2,(H,11,12)/t6-,9-,10?/m0/s1. The summed E-state index contributed by atoms with van der Waals surface area (Å²) in [6.45, 7) is 0. The van der Waals surface area contributed by atoms with Crippen molar-refractivity contribution in [1.29, 1.82) is 0 Å². The van der Waals surface area contributed by atoms with Crippen LogP contribution in [0.15, 0.2) is 0 Å². The third-order valence-electron chi connectivity index (χ3n) is 5.20. The molecule has 4 saturated carbocycles. The van der Waals surface area contributed by atoms with Gasteiger partial charge in [0.15, 0.2) is 0 Å². The second kappa shape index (κ2) is 1.16. The van der Waals surface area contributed by atoms with Crippen molar-refractivity contribution in [2.75, 3.05) is 0 Å². The molecule has 4 aliphatic carbocycles. The second-order valence-corrected chi connectivity index (χ2v) is 5.47. The number of carbonyl (C=O) groups is 1. The van der Waals surface area contributed by atoms with E-state index in [-0.39, 0.29) is 5.92 Å². The Kier molecular flexibility index (Phi) is 0.580. The maximum absolute atomic E-state index is 10.8. The summed E-state index contributed by atoms with van der Waals surface area (Å²) < 4.78 is 0. The lowest BCUT2D eigenvalue weighted by molar-refractivity contribution is -0.139. The summed E-state index contributed by atoms with van der Waals surface area (Å²) in [5, 5.41) is 8.88. The molecule has 1 unspecified atom stereocenters. The molecule has 0 aliphatic heterocycles. The van der Waals surface area contributed by atoms with Gasteiger partial charge in [-0.3, -0.25) is 4.79 Å². The largest absolute Gasteiger partial charge is 0.481 e. The van der Waals surface area contributed by atoms with E-state index in [1.54, 1.807) is 0 Å².